The van der Waals surface area contributed by atoms with Crippen molar-refractivity contribution in [3.05, 3.63) is 87.9 Å². The third-order valence-electron chi connectivity index (χ3n) is 7.28. The van der Waals surface area contributed by atoms with E-state index in [4.69, 9.17) is 32.7 Å². The number of benzene rings is 3. The van der Waals surface area contributed by atoms with Gasteiger partial charge in [0, 0.05) is 48.6 Å². The van der Waals surface area contributed by atoms with E-state index in [1.165, 1.54) is 9.21 Å². The van der Waals surface area contributed by atoms with Gasteiger partial charge in [-0.15, -0.1) is 0 Å². The third-order valence-corrected chi connectivity index (χ3v) is 9.06. The summed E-state index contributed by atoms with van der Waals surface area (Å²) in [6.45, 7) is 5.35. The van der Waals surface area contributed by atoms with E-state index in [2.05, 4.69) is 5.32 Å². The van der Waals surface area contributed by atoms with Crippen LogP contribution in [0.4, 0.5) is 5.69 Å². The van der Waals surface area contributed by atoms with Gasteiger partial charge in [-0.3, -0.25) is 13.9 Å². The Bertz CT molecular complexity index is 1590. The number of hydrogen-bond donors (Lipinski definition) is 1. The van der Waals surface area contributed by atoms with Gasteiger partial charge in [-0.2, -0.15) is 0 Å². The Labute approximate surface area is 275 Å². The molecular weight excluding hydrogens is 637 g/mol. The zero-order chi connectivity index (χ0) is 32.6. The molecule has 9 nitrogen and oxygen atoms in total. The summed E-state index contributed by atoms with van der Waals surface area (Å²) in [5.74, 6) is 0.636. The topological polar surface area (TPSA) is 105 Å². The summed E-state index contributed by atoms with van der Waals surface area (Å²) in [7, 11) is -3.69. The van der Waals surface area contributed by atoms with Crippen LogP contribution >= 0.6 is 23.2 Å². The van der Waals surface area contributed by atoms with Crippen molar-refractivity contribution < 1.29 is 27.5 Å². The van der Waals surface area contributed by atoms with Crippen LogP contribution in [0.5, 0.6) is 11.5 Å². The lowest BCUT2D eigenvalue weighted by atomic mass is 10.0. The van der Waals surface area contributed by atoms with Gasteiger partial charge in [-0.05, 0) is 47.7 Å². The Morgan fingerprint density at radius 3 is 2.33 bits per heavy atom. The van der Waals surface area contributed by atoms with Gasteiger partial charge in [-0.1, -0.05) is 73.4 Å². The molecule has 0 saturated carbocycles. The highest BCUT2D eigenvalue weighted by molar-refractivity contribution is 7.92. The maximum absolute atomic E-state index is 14.0. The van der Waals surface area contributed by atoms with Gasteiger partial charge in [0.25, 0.3) is 0 Å². The highest BCUT2D eigenvalue weighted by atomic mass is 35.5. The van der Waals surface area contributed by atoms with E-state index in [0.29, 0.717) is 52.6 Å². The smallest absolute Gasteiger partial charge is 0.243 e. The second-order valence-electron chi connectivity index (χ2n) is 11.4. The molecule has 0 saturated heterocycles. The molecule has 242 valence electrons. The van der Waals surface area contributed by atoms with Gasteiger partial charge in [0.2, 0.25) is 21.8 Å². The molecule has 0 aliphatic carbocycles. The van der Waals surface area contributed by atoms with E-state index in [0.717, 1.165) is 11.8 Å². The van der Waals surface area contributed by atoms with Gasteiger partial charge in [0.05, 0.1) is 11.9 Å². The summed E-state index contributed by atoms with van der Waals surface area (Å²) in [5, 5.41) is 3.83. The third kappa shape index (κ3) is 9.76. The van der Waals surface area contributed by atoms with Crippen molar-refractivity contribution in [2.75, 3.05) is 36.9 Å². The van der Waals surface area contributed by atoms with Crippen LogP contribution in [0.3, 0.4) is 0 Å². The number of carbonyl (C=O) groups is 2. The minimum Gasteiger partial charge on any atom is -0.486 e. The Kier molecular flexibility index (Phi) is 12.0. The van der Waals surface area contributed by atoms with Crippen LogP contribution in [0, 0.1) is 5.92 Å². The maximum atomic E-state index is 14.0. The summed E-state index contributed by atoms with van der Waals surface area (Å²) >= 11 is 12.7. The average molecular weight is 677 g/mol. The summed E-state index contributed by atoms with van der Waals surface area (Å²) in [6, 6.07) is 18.6. The maximum Gasteiger partial charge on any atom is 0.243 e. The number of anilines is 1. The summed E-state index contributed by atoms with van der Waals surface area (Å²) in [4.78, 5) is 29.2. The number of fused-ring (bicyclic) bond motifs is 1. The van der Waals surface area contributed by atoms with E-state index >= 15 is 0 Å². The highest BCUT2D eigenvalue weighted by Gasteiger charge is 2.31. The zero-order valence-electron chi connectivity index (χ0n) is 25.7. The molecule has 0 bridgehead atoms. The van der Waals surface area contributed by atoms with Crippen LogP contribution in [0.1, 0.15) is 37.8 Å². The van der Waals surface area contributed by atoms with Gasteiger partial charge in [0.1, 0.15) is 19.3 Å². The van der Waals surface area contributed by atoms with E-state index in [1.807, 2.05) is 44.2 Å². The van der Waals surface area contributed by atoms with Crippen molar-refractivity contribution in [2.45, 2.75) is 45.7 Å². The molecule has 1 aliphatic heterocycles. The fraction of sp³-hybridized carbons (Fsp3) is 0.394. The summed E-state index contributed by atoms with van der Waals surface area (Å²) < 4.78 is 38.1. The second kappa shape index (κ2) is 15.7. The van der Waals surface area contributed by atoms with Gasteiger partial charge < -0.3 is 19.7 Å². The lowest BCUT2D eigenvalue weighted by Crippen LogP contribution is -2.51. The molecular formula is C33H39Cl2N3O6S. The number of rotatable bonds is 14. The molecule has 12 heteroatoms. The van der Waals surface area contributed by atoms with E-state index < -0.39 is 16.1 Å². The predicted octanol–water partition coefficient (Wildman–Crippen LogP) is 5.72. The summed E-state index contributed by atoms with van der Waals surface area (Å²) in [5.41, 5.74) is 1.94. The van der Waals surface area contributed by atoms with Crippen LogP contribution in [-0.4, -0.2) is 63.7 Å². The van der Waals surface area contributed by atoms with Crippen molar-refractivity contribution >= 4 is 50.7 Å². The van der Waals surface area contributed by atoms with Crippen molar-refractivity contribution in [1.82, 2.24) is 10.2 Å². The second-order valence-corrected chi connectivity index (χ2v) is 14.1. The molecule has 0 fully saturated rings. The van der Waals surface area contributed by atoms with Gasteiger partial charge >= 0.3 is 0 Å². The first-order valence-electron chi connectivity index (χ1n) is 14.8. The SMILES string of the molecule is CC(C)CNC(=O)[C@H](Cc1ccccc1)N(Cc1ccc(Cl)cc1Cl)C(=O)CCCN(c1ccc2c(c1)OCCO2)S(C)(=O)=O. The lowest BCUT2D eigenvalue weighted by molar-refractivity contribution is -0.141. The molecule has 4 rings (SSSR count). The van der Waals surface area contributed by atoms with Crippen LogP contribution in [-0.2, 0) is 32.6 Å². The van der Waals surface area contributed by atoms with Crippen LogP contribution in [0.15, 0.2) is 66.7 Å². The molecule has 1 N–H and O–H groups in total. The van der Waals surface area contributed by atoms with Crippen LogP contribution < -0.4 is 19.1 Å². The number of nitrogens with one attached hydrogen (secondary N) is 1. The Balaban J connectivity index is 1.59. The molecule has 0 radical (unpaired) electrons. The number of halogens is 2. The molecule has 3 aromatic rings. The quantitative estimate of drug-likeness (QED) is 0.234. The van der Waals surface area contributed by atoms with E-state index in [1.54, 1.807) is 36.4 Å². The first-order chi connectivity index (χ1) is 21.4. The Morgan fingerprint density at radius 2 is 1.67 bits per heavy atom. The number of nitrogens with zero attached hydrogens (tertiary/aromatic N) is 2. The number of hydrogen-bond acceptors (Lipinski definition) is 6. The van der Waals surface area contributed by atoms with Crippen molar-refractivity contribution in [3.8, 4) is 11.5 Å². The first-order valence-corrected chi connectivity index (χ1v) is 17.4. The normalized spacial score (nSPS) is 13.3. The zero-order valence-corrected chi connectivity index (χ0v) is 28.0. The molecule has 1 heterocycles. The van der Waals surface area contributed by atoms with Crippen molar-refractivity contribution in [1.29, 1.82) is 0 Å². The van der Waals surface area contributed by atoms with Gasteiger partial charge in [-0.25, -0.2) is 8.42 Å². The van der Waals surface area contributed by atoms with Crippen LogP contribution in [0.25, 0.3) is 0 Å². The first kappa shape index (κ1) is 34.4. The molecule has 3 aromatic carbocycles. The van der Waals surface area contributed by atoms with Crippen molar-refractivity contribution in [3.63, 3.8) is 0 Å². The fourth-order valence-corrected chi connectivity index (χ4v) is 6.43. The standard InChI is InChI=1S/C33H39Cl2N3O6S/c1-23(2)21-36-33(40)29(18-24-8-5-4-6-9-24)37(22-25-11-12-26(34)19-28(25)35)32(39)10-7-15-38(45(3,41)42)27-13-14-30-31(20-27)44-17-16-43-30/h4-6,8-9,11-14,19-20,23,29H,7,10,15-18,21-22H2,1-3H3,(H,36,40)/t29-/m0/s1. The number of carbonyl (C=O) groups excluding carboxylic acids is 2. The number of amides is 2. The fourth-order valence-electron chi connectivity index (χ4n) is 5.00. The minimum atomic E-state index is -3.69. The molecule has 0 spiro atoms. The highest BCUT2D eigenvalue weighted by Crippen LogP contribution is 2.35. The Hall–Kier alpha value is -3.47. The van der Waals surface area contributed by atoms with E-state index in [9.17, 15) is 18.0 Å². The Morgan fingerprint density at radius 1 is 0.956 bits per heavy atom. The summed E-state index contributed by atoms with van der Waals surface area (Å²) in [6.07, 6.45) is 1.60. The van der Waals surface area contributed by atoms with Crippen LogP contribution in [0.2, 0.25) is 10.0 Å². The number of sulfonamides is 1. The molecule has 0 aromatic heterocycles. The lowest BCUT2D eigenvalue weighted by Gasteiger charge is -2.32. The van der Waals surface area contributed by atoms with E-state index in [-0.39, 0.29) is 50.1 Å². The van der Waals surface area contributed by atoms with Gasteiger partial charge in [0.15, 0.2) is 11.5 Å². The molecule has 2 amide bonds. The van der Waals surface area contributed by atoms with Crippen molar-refractivity contribution in [2.24, 2.45) is 5.92 Å². The minimum absolute atomic E-state index is 0.00939. The molecule has 1 atom stereocenters. The number of ether oxygens (including phenoxy) is 2. The molecule has 1 aliphatic rings. The molecule has 0 unspecified atom stereocenters. The largest absolute Gasteiger partial charge is 0.486 e. The predicted molar refractivity (Wildman–Crippen MR) is 178 cm³/mol. The monoisotopic (exact) mass is 675 g/mol. The molecule has 45 heavy (non-hydrogen) atoms. The average Bonchev–Trinajstić information content (AvgIpc) is 3.00.